The Morgan fingerprint density at radius 3 is 2.39 bits per heavy atom. The molecule has 0 aliphatic heterocycles. The number of aryl methyl sites for hydroxylation is 2. The largest absolute Gasteiger partial charge is 0.488 e. The molecule has 3 N–H and O–H groups in total. The van der Waals surface area contributed by atoms with Gasteiger partial charge in [0.2, 0.25) is 0 Å². The first-order valence-electron chi connectivity index (χ1n) is 11.0. The summed E-state index contributed by atoms with van der Waals surface area (Å²) in [6.07, 6.45) is 0. The van der Waals surface area contributed by atoms with Crippen molar-refractivity contribution in [3.63, 3.8) is 0 Å². The van der Waals surface area contributed by atoms with Gasteiger partial charge in [-0.15, -0.1) is 11.3 Å². The first kappa shape index (κ1) is 25.4. The molecule has 2 aromatic carbocycles. The van der Waals surface area contributed by atoms with Crippen LogP contribution in [0.5, 0.6) is 5.75 Å². The van der Waals surface area contributed by atoms with Gasteiger partial charge in [0.05, 0.1) is 5.52 Å². The molecule has 0 saturated carbocycles. The Hall–Kier alpha value is -3.73. The quantitative estimate of drug-likeness (QED) is 0.270. The van der Waals surface area contributed by atoms with E-state index < -0.39 is 10.1 Å². The van der Waals surface area contributed by atoms with Crippen LogP contribution < -0.4 is 10.5 Å². The highest BCUT2D eigenvalue weighted by atomic mass is 32.3. The van der Waals surface area contributed by atoms with Gasteiger partial charge in [0.15, 0.2) is 10.0 Å². The Morgan fingerprint density at radius 2 is 1.78 bits per heavy atom. The van der Waals surface area contributed by atoms with Crippen molar-refractivity contribution < 1.29 is 22.2 Å². The second kappa shape index (κ2) is 10.5. The molecule has 0 unspecified atom stereocenters. The number of aromatic nitrogens is 2. The number of hydrogen-bond donors (Lipinski definition) is 2. The molecule has 10 heteroatoms. The molecule has 0 atom stereocenters. The Balaban J connectivity index is 0.000000325. The van der Waals surface area contributed by atoms with E-state index in [1.165, 1.54) is 0 Å². The van der Waals surface area contributed by atoms with Crippen LogP contribution in [0.4, 0.5) is 5.82 Å². The maximum atomic E-state index is 11.5. The molecule has 0 bridgehead atoms. The predicted octanol–water partition coefficient (Wildman–Crippen LogP) is 5.97. The van der Waals surface area contributed by atoms with Gasteiger partial charge in [0.25, 0.3) is 0 Å². The summed E-state index contributed by atoms with van der Waals surface area (Å²) < 4.78 is 43.0. The van der Waals surface area contributed by atoms with Crippen molar-refractivity contribution in [1.82, 2.24) is 10.1 Å². The van der Waals surface area contributed by atoms with Crippen LogP contribution in [0.2, 0.25) is 0 Å². The van der Waals surface area contributed by atoms with E-state index in [1.807, 2.05) is 75.4 Å². The van der Waals surface area contributed by atoms with Gasteiger partial charge in [0, 0.05) is 28.3 Å². The summed E-state index contributed by atoms with van der Waals surface area (Å²) in [6.45, 7) is 6.02. The fourth-order valence-electron chi connectivity index (χ4n) is 3.47. The SMILES string of the molecule is Cc1cc(OCc2ccc(-c3ccsc3S(=O)(=O)O)cc2)c2ccccc2n1.Cc1onc(N)c1C. The fraction of sp³-hybridized carbons (Fsp3) is 0.154. The first-order chi connectivity index (χ1) is 17.1. The van der Waals surface area contributed by atoms with Gasteiger partial charge in [-0.25, -0.2) is 0 Å². The number of fused-ring (bicyclic) bond motifs is 1. The molecule has 0 spiro atoms. The van der Waals surface area contributed by atoms with Gasteiger partial charge in [-0.2, -0.15) is 8.42 Å². The van der Waals surface area contributed by atoms with Crippen LogP contribution in [-0.4, -0.2) is 23.1 Å². The fourth-order valence-corrected chi connectivity index (χ4v) is 5.23. The van der Waals surface area contributed by atoms with Gasteiger partial charge in [-0.05, 0) is 55.5 Å². The number of para-hydroxylation sites is 1. The van der Waals surface area contributed by atoms with E-state index in [1.54, 1.807) is 11.4 Å². The first-order valence-corrected chi connectivity index (χ1v) is 13.3. The molecule has 0 fully saturated rings. The van der Waals surface area contributed by atoms with E-state index in [9.17, 15) is 13.0 Å². The average Bonchev–Trinajstić information content (AvgIpc) is 3.46. The summed E-state index contributed by atoms with van der Waals surface area (Å²) in [4.78, 5) is 4.51. The molecule has 0 aliphatic rings. The second-order valence-electron chi connectivity index (χ2n) is 8.11. The number of ether oxygens (including phenoxy) is 1. The number of hydrogen-bond acceptors (Lipinski definition) is 8. The zero-order chi connectivity index (χ0) is 25.9. The van der Waals surface area contributed by atoms with E-state index >= 15 is 0 Å². The number of pyridine rings is 1. The predicted molar refractivity (Wildman–Crippen MR) is 141 cm³/mol. The van der Waals surface area contributed by atoms with Crippen molar-refractivity contribution in [2.75, 3.05) is 5.73 Å². The summed E-state index contributed by atoms with van der Waals surface area (Å²) in [5, 5.41) is 6.12. The number of anilines is 1. The Bertz CT molecular complexity index is 1590. The standard InChI is InChI=1S/C21H17NO4S2.C5H8N2O/c1-14-12-20(18-4-2-3-5-19(18)22-14)26-13-15-6-8-16(9-7-15)17-10-11-27-21(17)28(23,24)25;1-3-4(2)8-7-5(3)6/h2-12H,13H2,1H3,(H,23,24,25);1-2H3,(H2,6,7). The number of rotatable bonds is 5. The van der Waals surface area contributed by atoms with Crippen LogP contribution in [0.1, 0.15) is 22.6 Å². The zero-order valence-corrected chi connectivity index (χ0v) is 21.6. The van der Waals surface area contributed by atoms with Crippen LogP contribution in [0, 0.1) is 20.8 Å². The van der Waals surface area contributed by atoms with E-state index in [0.29, 0.717) is 18.0 Å². The number of nitrogens with zero attached hydrogens (tertiary/aromatic N) is 2. The van der Waals surface area contributed by atoms with Crippen LogP contribution in [-0.2, 0) is 16.7 Å². The van der Waals surface area contributed by atoms with Gasteiger partial charge < -0.3 is 15.0 Å². The average molecular weight is 524 g/mol. The normalized spacial score (nSPS) is 11.2. The van der Waals surface area contributed by atoms with E-state index in [0.717, 1.165) is 56.1 Å². The Labute approximate surface area is 213 Å². The summed E-state index contributed by atoms with van der Waals surface area (Å²) >= 11 is 0.997. The smallest absolute Gasteiger partial charge is 0.304 e. The van der Waals surface area contributed by atoms with E-state index in [4.69, 9.17) is 15.0 Å². The number of nitrogens with two attached hydrogens (primary N) is 1. The lowest BCUT2D eigenvalue weighted by Gasteiger charge is -2.11. The third-order valence-electron chi connectivity index (χ3n) is 5.52. The highest BCUT2D eigenvalue weighted by Gasteiger charge is 2.18. The van der Waals surface area contributed by atoms with Gasteiger partial charge in [-0.1, -0.05) is 41.6 Å². The van der Waals surface area contributed by atoms with E-state index in [-0.39, 0.29) is 4.21 Å². The molecular weight excluding hydrogens is 498 g/mol. The molecule has 0 aliphatic carbocycles. The van der Waals surface area contributed by atoms with Gasteiger partial charge in [0.1, 0.15) is 18.1 Å². The lowest BCUT2D eigenvalue weighted by molar-refractivity contribution is 0.309. The third kappa shape index (κ3) is 5.73. The van der Waals surface area contributed by atoms with Crippen LogP contribution in [0.25, 0.3) is 22.0 Å². The molecule has 5 rings (SSSR count). The van der Waals surface area contributed by atoms with Crippen molar-refractivity contribution >= 4 is 38.2 Å². The maximum absolute atomic E-state index is 11.5. The number of nitrogen functional groups attached to an aromatic ring is 1. The topological polar surface area (TPSA) is 129 Å². The summed E-state index contributed by atoms with van der Waals surface area (Å²) in [5.41, 5.74) is 10.2. The number of thiophene rings is 1. The van der Waals surface area contributed by atoms with Gasteiger partial charge >= 0.3 is 10.1 Å². The third-order valence-corrected chi connectivity index (χ3v) is 7.84. The lowest BCUT2D eigenvalue weighted by Crippen LogP contribution is -1.98. The van der Waals surface area contributed by atoms with E-state index in [2.05, 4.69) is 10.1 Å². The molecule has 36 heavy (non-hydrogen) atoms. The summed E-state index contributed by atoms with van der Waals surface area (Å²) in [5.74, 6) is 2.06. The molecule has 5 aromatic rings. The highest BCUT2D eigenvalue weighted by molar-refractivity contribution is 7.88. The van der Waals surface area contributed by atoms with Crippen molar-refractivity contribution in [2.45, 2.75) is 31.6 Å². The van der Waals surface area contributed by atoms with Gasteiger partial charge in [-0.3, -0.25) is 9.54 Å². The minimum absolute atomic E-state index is 0.0461. The Kier molecular flexibility index (Phi) is 7.39. The van der Waals surface area contributed by atoms with Crippen LogP contribution >= 0.6 is 11.3 Å². The van der Waals surface area contributed by atoms with Crippen molar-refractivity contribution in [3.8, 4) is 16.9 Å². The lowest BCUT2D eigenvalue weighted by atomic mass is 10.1. The molecular formula is C26H25N3O5S2. The zero-order valence-electron chi connectivity index (χ0n) is 19.9. The molecule has 0 saturated heterocycles. The van der Waals surface area contributed by atoms with Crippen molar-refractivity contribution in [2.24, 2.45) is 0 Å². The second-order valence-corrected chi connectivity index (χ2v) is 10.6. The maximum Gasteiger partial charge on any atom is 0.304 e. The monoisotopic (exact) mass is 523 g/mol. The molecule has 3 heterocycles. The highest BCUT2D eigenvalue weighted by Crippen LogP contribution is 2.32. The minimum atomic E-state index is -4.23. The molecule has 0 amide bonds. The van der Waals surface area contributed by atoms with Crippen molar-refractivity contribution in [1.29, 1.82) is 0 Å². The van der Waals surface area contributed by atoms with Crippen LogP contribution in [0.3, 0.4) is 0 Å². The minimum Gasteiger partial charge on any atom is -0.488 e. The Morgan fingerprint density at radius 1 is 1.06 bits per heavy atom. The number of benzene rings is 2. The summed E-state index contributed by atoms with van der Waals surface area (Å²) in [6, 6.07) is 18.9. The molecule has 186 valence electrons. The van der Waals surface area contributed by atoms with Crippen molar-refractivity contribution in [3.05, 3.63) is 88.6 Å². The molecule has 8 nitrogen and oxygen atoms in total. The van der Waals surface area contributed by atoms with Crippen LogP contribution in [0.15, 0.2) is 74.8 Å². The molecule has 3 aromatic heterocycles. The molecule has 0 radical (unpaired) electrons. The summed E-state index contributed by atoms with van der Waals surface area (Å²) in [7, 11) is -4.23.